The molecule has 1 aromatic carbocycles. The molecule has 8 heteroatoms. The molecule has 2 rings (SSSR count). The minimum absolute atomic E-state index is 0.0463. The molecule has 1 aliphatic carbocycles. The highest BCUT2D eigenvalue weighted by Crippen LogP contribution is 2.27. The number of hydrogen-bond donors (Lipinski definition) is 2. The Morgan fingerprint density at radius 2 is 1.86 bits per heavy atom. The van der Waals surface area contributed by atoms with Gasteiger partial charge in [0, 0.05) is 5.69 Å². The van der Waals surface area contributed by atoms with Gasteiger partial charge >= 0.3 is 5.97 Å². The summed E-state index contributed by atoms with van der Waals surface area (Å²) in [7, 11) is -3.77. The first kappa shape index (κ1) is 16.4. The minimum atomic E-state index is -3.77. The molecule has 0 saturated heterocycles. The van der Waals surface area contributed by atoms with E-state index in [0.717, 1.165) is 19.3 Å². The first-order chi connectivity index (χ1) is 10.3. The molecule has 0 unspecified atom stereocenters. The quantitative estimate of drug-likeness (QED) is 0.783. The van der Waals surface area contributed by atoms with Crippen LogP contribution < -0.4 is 10.5 Å². The normalized spacial score (nSPS) is 16.5. The Labute approximate surface area is 128 Å². The molecule has 1 aromatic rings. The fourth-order valence-corrected chi connectivity index (χ4v) is 2.46. The number of ether oxygens (including phenoxy) is 1. The summed E-state index contributed by atoms with van der Waals surface area (Å²) in [4.78, 5) is 23.5. The fraction of sp³-hybridized carbons (Fsp3) is 0.429. The molecular weight excluding hydrogens is 308 g/mol. The maximum atomic E-state index is 11.9. The van der Waals surface area contributed by atoms with E-state index in [-0.39, 0.29) is 16.8 Å². The molecule has 3 N–H and O–H groups in total. The van der Waals surface area contributed by atoms with Gasteiger partial charge in [-0.05, 0) is 44.0 Å². The number of benzene rings is 1. The van der Waals surface area contributed by atoms with E-state index in [1.54, 1.807) is 0 Å². The van der Waals surface area contributed by atoms with Gasteiger partial charge in [-0.2, -0.15) is 0 Å². The van der Waals surface area contributed by atoms with Crippen LogP contribution in [-0.4, -0.2) is 26.4 Å². The highest BCUT2D eigenvalue weighted by molar-refractivity contribution is 7.89. The maximum Gasteiger partial charge on any atom is 0.309 e. The zero-order valence-electron chi connectivity index (χ0n) is 12.1. The number of nitrogens with one attached hydrogen (secondary N) is 1. The largest absolute Gasteiger partial charge is 0.452 e. The highest BCUT2D eigenvalue weighted by Gasteiger charge is 2.29. The van der Waals surface area contributed by atoms with Crippen LogP contribution in [-0.2, 0) is 24.3 Å². The Bertz CT molecular complexity index is 665. The van der Waals surface area contributed by atoms with E-state index in [4.69, 9.17) is 9.88 Å². The van der Waals surface area contributed by atoms with Crippen LogP contribution >= 0.6 is 0 Å². The number of primary sulfonamides is 1. The first-order valence-corrected chi connectivity index (χ1v) is 8.46. The molecule has 7 nitrogen and oxygen atoms in total. The molecule has 0 spiro atoms. The lowest BCUT2D eigenvalue weighted by atomic mass is 9.86. The third-order valence-corrected chi connectivity index (χ3v) is 4.48. The summed E-state index contributed by atoms with van der Waals surface area (Å²) in [5.74, 6) is -0.918. The molecule has 1 fully saturated rings. The van der Waals surface area contributed by atoms with Gasteiger partial charge in [-0.3, -0.25) is 9.59 Å². The summed E-state index contributed by atoms with van der Waals surface area (Å²) in [5, 5.41) is 7.53. The monoisotopic (exact) mass is 326 g/mol. The molecular formula is C14H18N2O5S. The van der Waals surface area contributed by atoms with Gasteiger partial charge in [0.25, 0.3) is 5.91 Å². The number of sulfonamides is 1. The van der Waals surface area contributed by atoms with Crippen molar-refractivity contribution in [2.75, 3.05) is 5.32 Å². The van der Waals surface area contributed by atoms with Gasteiger partial charge in [0.05, 0.1) is 10.8 Å². The van der Waals surface area contributed by atoms with E-state index in [0.29, 0.717) is 5.69 Å². The average molecular weight is 326 g/mol. The van der Waals surface area contributed by atoms with Crippen molar-refractivity contribution in [3.05, 3.63) is 24.3 Å². The number of hydrogen-bond acceptors (Lipinski definition) is 5. The number of rotatable bonds is 5. The second-order valence-corrected chi connectivity index (χ2v) is 6.83. The second-order valence-electron chi connectivity index (χ2n) is 5.27. The van der Waals surface area contributed by atoms with Gasteiger partial charge in [-0.15, -0.1) is 0 Å². The zero-order valence-corrected chi connectivity index (χ0v) is 12.9. The topological polar surface area (TPSA) is 116 Å². The number of nitrogens with two attached hydrogens (primary N) is 1. The Morgan fingerprint density at radius 3 is 2.32 bits per heavy atom. The lowest BCUT2D eigenvalue weighted by Gasteiger charge is -2.24. The number of esters is 1. The molecule has 1 saturated carbocycles. The SMILES string of the molecule is C[C@@H](OC(=O)C1CCC1)C(=O)Nc1ccc(S(N)(=O)=O)cc1. The summed E-state index contributed by atoms with van der Waals surface area (Å²) in [5.41, 5.74) is 0.393. The Kier molecular flexibility index (Phi) is 4.82. The van der Waals surface area contributed by atoms with Crippen LogP contribution in [0, 0.1) is 5.92 Å². The summed E-state index contributed by atoms with van der Waals surface area (Å²) < 4.78 is 27.4. The van der Waals surface area contributed by atoms with Gasteiger partial charge in [0.1, 0.15) is 0 Å². The average Bonchev–Trinajstić information content (AvgIpc) is 2.35. The predicted octanol–water partition coefficient (Wildman–Crippen LogP) is 1.00. The van der Waals surface area contributed by atoms with E-state index in [1.807, 2.05) is 0 Å². The number of anilines is 1. The van der Waals surface area contributed by atoms with Gasteiger partial charge in [0.2, 0.25) is 10.0 Å². The first-order valence-electron chi connectivity index (χ1n) is 6.91. The van der Waals surface area contributed by atoms with Crippen LogP contribution in [0.1, 0.15) is 26.2 Å². The van der Waals surface area contributed by atoms with Gasteiger partial charge in [-0.25, -0.2) is 13.6 Å². The van der Waals surface area contributed by atoms with Crippen molar-refractivity contribution in [1.29, 1.82) is 0 Å². The Hall–Kier alpha value is -1.93. The molecule has 1 aliphatic rings. The smallest absolute Gasteiger partial charge is 0.309 e. The number of amides is 1. The van der Waals surface area contributed by atoms with Crippen LogP contribution in [0.4, 0.5) is 5.69 Å². The van der Waals surface area contributed by atoms with Crippen molar-refractivity contribution in [3.8, 4) is 0 Å². The summed E-state index contributed by atoms with van der Waals surface area (Å²) in [6, 6.07) is 5.40. The van der Waals surface area contributed by atoms with E-state index in [9.17, 15) is 18.0 Å². The molecule has 1 atom stereocenters. The van der Waals surface area contributed by atoms with Crippen LogP contribution in [0.2, 0.25) is 0 Å². The third-order valence-electron chi connectivity index (χ3n) is 3.55. The van der Waals surface area contributed by atoms with Crippen LogP contribution in [0.25, 0.3) is 0 Å². The fourth-order valence-electron chi connectivity index (χ4n) is 1.94. The summed E-state index contributed by atoms with van der Waals surface area (Å²) in [6.07, 6.45) is 1.72. The van der Waals surface area contributed by atoms with Gasteiger partial charge < -0.3 is 10.1 Å². The maximum absolute atomic E-state index is 11.9. The van der Waals surface area contributed by atoms with Gasteiger partial charge in [-0.1, -0.05) is 6.42 Å². The Balaban J connectivity index is 1.91. The summed E-state index contributed by atoms with van der Waals surface area (Å²) >= 11 is 0. The van der Waals surface area contributed by atoms with Crippen LogP contribution in [0.5, 0.6) is 0 Å². The lowest BCUT2D eigenvalue weighted by Crippen LogP contribution is -2.34. The van der Waals surface area contributed by atoms with Crippen molar-refractivity contribution in [1.82, 2.24) is 0 Å². The van der Waals surface area contributed by atoms with E-state index in [1.165, 1.54) is 31.2 Å². The molecule has 0 heterocycles. The second kappa shape index (κ2) is 6.45. The van der Waals surface area contributed by atoms with Crippen LogP contribution in [0.3, 0.4) is 0 Å². The Morgan fingerprint density at radius 1 is 1.27 bits per heavy atom. The van der Waals surface area contributed by atoms with Crippen molar-refractivity contribution in [2.45, 2.75) is 37.2 Å². The molecule has 0 aliphatic heterocycles. The van der Waals surface area contributed by atoms with Crippen molar-refractivity contribution in [3.63, 3.8) is 0 Å². The van der Waals surface area contributed by atoms with Crippen molar-refractivity contribution < 1.29 is 22.7 Å². The highest BCUT2D eigenvalue weighted by atomic mass is 32.2. The molecule has 22 heavy (non-hydrogen) atoms. The standard InChI is InChI=1S/C14H18N2O5S/c1-9(21-14(18)10-3-2-4-10)13(17)16-11-5-7-12(8-6-11)22(15,19)20/h5-10H,2-4H2,1H3,(H,16,17)(H2,15,19,20)/t9-/m1/s1. The zero-order chi connectivity index (χ0) is 16.3. The van der Waals surface area contributed by atoms with Crippen molar-refractivity contribution in [2.24, 2.45) is 11.1 Å². The molecule has 0 radical (unpaired) electrons. The van der Waals surface area contributed by atoms with Crippen LogP contribution in [0.15, 0.2) is 29.2 Å². The van der Waals surface area contributed by atoms with Gasteiger partial charge in [0.15, 0.2) is 6.10 Å². The van der Waals surface area contributed by atoms with E-state index >= 15 is 0 Å². The summed E-state index contributed by atoms with van der Waals surface area (Å²) in [6.45, 7) is 1.49. The van der Waals surface area contributed by atoms with E-state index < -0.39 is 22.0 Å². The lowest BCUT2D eigenvalue weighted by molar-refractivity contribution is -0.159. The number of carbonyl (C=O) groups is 2. The number of carbonyl (C=O) groups excluding carboxylic acids is 2. The third kappa shape index (κ3) is 4.05. The molecule has 1 amide bonds. The predicted molar refractivity (Wildman–Crippen MR) is 79.3 cm³/mol. The molecule has 120 valence electrons. The molecule has 0 bridgehead atoms. The van der Waals surface area contributed by atoms with E-state index in [2.05, 4.69) is 5.32 Å². The van der Waals surface area contributed by atoms with Crippen molar-refractivity contribution >= 4 is 27.6 Å². The minimum Gasteiger partial charge on any atom is -0.452 e. The molecule has 0 aromatic heterocycles.